The molecule has 0 amide bonds. The van der Waals surface area contributed by atoms with Crippen LogP contribution in [0.4, 0.5) is 0 Å². The molecule has 1 heterocycles. The van der Waals surface area contributed by atoms with Crippen molar-refractivity contribution in [3.05, 3.63) is 29.8 Å². The number of ether oxygens (including phenoxy) is 1. The van der Waals surface area contributed by atoms with Crippen molar-refractivity contribution < 1.29 is 9.84 Å². The Morgan fingerprint density at radius 1 is 1.48 bits per heavy atom. The quantitative estimate of drug-likeness (QED) is 0.842. The van der Waals surface area contributed by atoms with Gasteiger partial charge in [-0.25, -0.2) is 0 Å². The standard InChI is InChI=1S/C17H28N2O2/c1-4-13-11-19(9-8-16(13)18-2)12-17(20)14-6-5-7-15(10-14)21-3/h5-7,10,13,16-18,20H,4,8-9,11-12H2,1-3H3. The number of methoxy groups -OCH3 is 1. The molecule has 1 aromatic rings. The molecule has 0 aromatic heterocycles. The lowest BCUT2D eigenvalue weighted by molar-refractivity contribution is 0.0714. The van der Waals surface area contributed by atoms with Gasteiger partial charge in [-0.3, -0.25) is 0 Å². The van der Waals surface area contributed by atoms with E-state index in [-0.39, 0.29) is 0 Å². The number of likely N-dealkylation sites (tertiary alicyclic amines) is 1. The second kappa shape index (κ2) is 7.78. The van der Waals surface area contributed by atoms with Crippen LogP contribution in [0, 0.1) is 5.92 Å². The van der Waals surface area contributed by atoms with Crippen molar-refractivity contribution in [3.63, 3.8) is 0 Å². The molecular formula is C17H28N2O2. The third-order valence-electron chi connectivity index (χ3n) is 4.62. The van der Waals surface area contributed by atoms with Gasteiger partial charge >= 0.3 is 0 Å². The van der Waals surface area contributed by atoms with Crippen molar-refractivity contribution in [2.75, 3.05) is 33.8 Å². The van der Waals surface area contributed by atoms with Gasteiger partial charge < -0.3 is 20.1 Å². The van der Waals surface area contributed by atoms with Crippen LogP contribution >= 0.6 is 0 Å². The van der Waals surface area contributed by atoms with E-state index >= 15 is 0 Å². The molecule has 0 bridgehead atoms. The van der Waals surface area contributed by atoms with E-state index in [4.69, 9.17) is 4.74 Å². The highest BCUT2D eigenvalue weighted by atomic mass is 16.5. The van der Waals surface area contributed by atoms with E-state index < -0.39 is 6.10 Å². The Labute approximate surface area is 128 Å². The highest BCUT2D eigenvalue weighted by molar-refractivity contribution is 5.29. The third-order valence-corrected chi connectivity index (χ3v) is 4.62. The monoisotopic (exact) mass is 292 g/mol. The zero-order valence-electron chi connectivity index (χ0n) is 13.4. The number of aliphatic hydroxyl groups is 1. The lowest BCUT2D eigenvalue weighted by Crippen LogP contribution is -2.49. The first kappa shape index (κ1) is 16.3. The van der Waals surface area contributed by atoms with Gasteiger partial charge in [0.1, 0.15) is 5.75 Å². The molecule has 4 nitrogen and oxygen atoms in total. The van der Waals surface area contributed by atoms with Gasteiger partial charge in [0.05, 0.1) is 13.2 Å². The molecule has 0 aliphatic carbocycles. The molecule has 1 aromatic carbocycles. The van der Waals surface area contributed by atoms with E-state index in [1.807, 2.05) is 31.3 Å². The minimum absolute atomic E-state index is 0.455. The first-order chi connectivity index (χ1) is 10.2. The molecule has 0 radical (unpaired) electrons. The Balaban J connectivity index is 1.94. The summed E-state index contributed by atoms with van der Waals surface area (Å²) in [7, 11) is 3.70. The lowest BCUT2D eigenvalue weighted by atomic mass is 9.89. The predicted molar refractivity (Wildman–Crippen MR) is 85.6 cm³/mol. The summed E-state index contributed by atoms with van der Waals surface area (Å²) in [5, 5.41) is 13.9. The fourth-order valence-electron chi connectivity index (χ4n) is 3.27. The summed E-state index contributed by atoms with van der Waals surface area (Å²) in [4.78, 5) is 2.38. The maximum atomic E-state index is 10.5. The minimum atomic E-state index is -0.455. The summed E-state index contributed by atoms with van der Waals surface area (Å²) in [5.74, 6) is 1.47. The predicted octanol–water partition coefficient (Wildman–Crippen LogP) is 2.05. The lowest BCUT2D eigenvalue weighted by Gasteiger charge is -2.39. The zero-order chi connectivity index (χ0) is 15.2. The molecule has 2 rings (SSSR count). The van der Waals surface area contributed by atoms with Crippen LogP contribution in [0.15, 0.2) is 24.3 Å². The van der Waals surface area contributed by atoms with Crippen molar-refractivity contribution in [1.29, 1.82) is 0 Å². The molecule has 1 aliphatic rings. The van der Waals surface area contributed by atoms with E-state index in [0.29, 0.717) is 18.5 Å². The van der Waals surface area contributed by atoms with Gasteiger partial charge in [0.25, 0.3) is 0 Å². The maximum absolute atomic E-state index is 10.5. The van der Waals surface area contributed by atoms with E-state index in [2.05, 4.69) is 17.1 Å². The number of aliphatic hydroxyl groups excluding tert-OH is 1. The summed E-state index contributed by atoms with van der Waals surface area (Å²) in [6.07, 6.45) is 1.88. The first-order valence-electron chi connectivity index (χ1n) is 7.89. The van der Waals surface area contributed by atoms with Gasteiger partial charge in [0.15, 0.2) is 0 Å². The normalized spacial score (nSPS) is 24.8. The van der Waals surface area contributed by atoms with Crippen LogP contribution in [0.1, 0.15) is 31.4 Å². The fourth-order valence-corrected chi connectivity index (χ4v) is 3.27. The molecule has 4 heteroatoms. The largest absolute Gasteiger partial charge is 0.497 e. The molecule has 3 unspecified atom stereocenters. The van der Waals surface area contributed by atoms with Gasteiger partial charge in [0, 0.05) is 19.1 Å². The van der Waals surface area contributed by atoms with Crippen LogP contribution < -0.4 is 10.1 Å². The maximum Gasteiger partial charge on any atom is 0.119 e. The average molecular weight is 292 g/mol. The van der Waals surface area contributed by atoms with Crippen molar-refractivity contribution in [3.8, 4) is 5.75 Å². The van der Waals surface area contributed by atoms with E-state index in [1.165, 1.54) is 6.42 Å². The second-order valence-corrected chi connectivity index (χ2v) is 5.90. The van der Waals surface area contributed by atoms with Crippen LogP contribution in [0.25, 0.3) is 0 Å². The van der Waals surface area contributed by atoms with E-state index in [9.17, 15) is 5.11 Å². The Morgan fingerprint density at radius 3 is 2.95 bits per heavy atom. The third kappa shape index (κ3) is 4.19. The fraction of sp³-hybridized carbons (Fsp3) is 0.647. The Bertz CT molecular complexity index is 439. The summed E-state index contributed by atoms with van der Waals surface area (Å²) in [6, 6.07) is 8.33. The zero-order valence-corrected chi connectivity index (χ0v) is 13.4. The number of β-amino-alcohol motifs (C(OH)–C–C–N with tert-alkyl or cyclic N) is 1. The molecule has 3 atom stereocenters. The topological polar surface area (TPSA) is 44.7 Å². The van der Waals surface area contributed by atoms with Crippen LogP contribution in [-0.4, -0.2) is 49.8 Å². The summed E-state index contributed by atoms with van der Waals surface area (Å²) >= 11 is 0. The smallest absolute Gasteiger partial charge is 0.119 e. The van der Waals surface area contributed by atoms with Crippen molar-refractivity contribution in [2.24, 2.45) is 5.92 Å². The first-order valence-corrected chi connectivity index (χ1v) is 7.89. The van der Waals surface area contributed by atoms with E-state index in [1.54, 1.807) is 7.11 Å². The summed E-state index contributed by atoms with van der Waals surface area (Å²) < 4.78 is 5.23. The highest BCUT2D eigenvalue weighted by Gasteiger charge is 2.28. The molecule has 1 fully saturated rings. The Morgan fingerprint density at radius 2 is 2.29 bits per heavy atom. The van der Waals surface area contributed by atoms with Gasteiger partial charge in [-0.1, -0.05) is 25.5 Å². The number of rotatable bonds is 6. The Hall–Kier alpha value is -1.10. The molecule has 1 saturated heterocycles. The number of nitrogens with zero attached hydrogens (tertiary/aromatic N) is 1. The number of hydrogen-bond donors (Lipinski definition) is 2. The van der Waals surface area contributed by atoms with Crippen molar-refractivity contribution >= 4 is 0 Å². The summed E-state index contributed by atoms with van der Waals surface area (Å²) in [6.45, 7) is 5.04. The Kier molecular flexibility index (Phi) is 6.03. The van der Waals surface area contributed by atoms with Crippen molar-refractivity contribution in [1.82, 2.24) is 10.2 Å². The van der Waals surface area contributed by atoms with Gasteiger partial charge in [-0.15, -0.1) is 0 Å². The molecule has 21 heavy (non-hydrogen) atoms. The van der Waals surface area contributed by atoms with Crippen LogP contribution in [0.3, 0.4) is 0 Å². The molecule has 1 aliphatic heterocycles. The number of hydrogen-bond acceptors (Lipinski definition) is 4. The van der Waals surface area contributed by atoms with E-state index in [0.717, 1.165) is 30.8 Å². The van der Waals surface area contributed by atoms with Gasteiger partial charge in [0.2, 0.25) is 0 Å². The number of benzene rings is 1. The van der Waals surface area contributed by atoms with Gasteiger partial charge in [-0.05, 0) is 43.6 Å². The molecule has 2 N–H and O–H groups in total. The van der Waals surface area contributed by atoms with Crippen LogP contribution in [-0.2, 0) is 0 Å². The van der Waals surface area contributed by atoms with Crippen LogP contribution in [0.5, 0.6) is 5.75 Å². The summed E-state index contributed by atoms with van der Waals surface area (Å²) in [5.41, 5.74) is 0.929. The number of piperidine rings is 1. The molecular weight excluding hydrogens is 264 g/mol. The molecule has 0 saturated carbocycles. The van der Waals surface area contributed by atoms with Crippen molar-refractivity contribution in [2.45, 2.75) is 31.9 Å². The SMILES string of the molecule is CCC1CN(CC(O)c2cccc(OC)c2)CCC1NC. The molecule has 118 valence electrons. The minimum Gasteiger partial charge on any atom is -0.497 e. The van der Waals surface area contributed by atoms with Gasteiger partial charge in [-0.2, -0.15) is 0 Å². The second-order valence-electron chi connectivity index (χ2n) is 5.90. The molecule has 0 spiro atoms. The number of nitrogens with one attached hydrogen (secondary N) is 1. The average Bonchev–Trinajstić information content (AvgIpc) is 2.54. The highest BCUT2D eigenvalue weighted by Crippen LogP contribution is 2.24. The van der Waals surface area contributed by atoms with Crippen LogP contribution in [0.2, 0.25) is 0 Å².